The second kappa shape index (κ2) is 6.65. The van der Waals surface area contributed by atoms with Gasteiger partial charge >= 0.3 is 0 Å². The number of nitrogens with zero attached hydrogens (tertiary/aromatic N) is 1. The Kier molecular flexibility index (Phi) is 4.57. The number of hydrogen-bond acceptors (Lipinski definition) is 3. The summed E-state index contributed by atoms with van der Waals surface area (Å²) < 4.78 is 5.45. The molecule has 2 atom stereocenters. The molecule has 1 aromatic carbocycles. The number of carbonyl (C=O) groups excluding carboxylic acids is 2. The number of nitrogens with one attached hydrogen (secondary N) is 1. The molecule has 6 nitrogen and oxygen atoms in total. The highest BCUT2D eigenvalue weighted by atomic mass is 16.5. The van der Waals surface area contributed by atoms with E-state index in [1.54, 1.807) is 11.8 Å². The van der Waals surface area contributed by atoms with Crippen molar-refractivity contribution in [2.45, 2.75) is 38.8 Å². The molecular weight excluding hydrogens is 306 g/mol. The minimum Gasteiger partial charge on any atom is -0.374 e. The summed E-state index contributed by atoms with van der Waals surface area (Å²) in [5, 5.41) is 1.14. The lowest BCUT2D eigenvalue weighted by Crippen LogP contribution is -2.58. The maximum absolute atomic E-state index is 12.6. The Morgan fingerprint density at radius 2 is 2.21 bits per heavy atom. The number of nitrogens with two attached hydrogens (primary N) is 1. The maximum atomic E-state index is 12.6. The summed E-state index contributed by atoms with van der Waals surface area (Å²) in [6.45, 7) is 4.67. The number of aromatic amines is 1. The minimum absolute atomic E-state index is 0.0593. The topological polar surface area (TPSA) is 88.4 Å². The Hall–Kier alpha value is -2.34. The Morgan fingerprint density at radius 3 is 2.96 bits per heavy atom. The van der Waals surface area contributed by atoms with Crippen LogP contribution in [0.2, 0.25) is 0 Å². The van der Waals surface area contributed by atoms with Gasteiger partial charge in [0, 0.05) is 30.1 Å². The number of H-pyrrole nitrogens is 1. The molecule has 6 heteroatoms. The highest BCUT2D eigenvalue weighted by molar-refractivity contribution is 5.89. The SMILES string of the molecule is Cc1cccc2c(CCC(=O)N3CCO[C@H](C)[C@H]3C(N)=O)c[nH]c12. The van der Waals surface area contributed by atoms with E-state index in [4.69, 9.17) is 10.5 Å². The standard InChI is InChI=1S/C18H23N3O3/c1-11-4-3-5-14-13(10-20-16(11)14)6-7-15(22)21-8-9-24-12(2)17(21)18(19)23/h3-5,10,12,17,20H,6-9H2,1-2H3,(H2,19,23)/t12-,17+/m1/s1. The monoisotopic (exact) mass is 329 g/mol. The molecule has 1 aliphatic rings. The van der Waals surface area contributed by atoms with Gasteiger partial charge in [-0.2, -0.15) is 0 Å². The fraction of sp³-hybridized carbons (Fsp3) is 0.444. The lowest BCUT2D eigenvalue weighted by Gasteiger charge is -2.38. The molecule has 0 saturated carbocycles. The average molecular weight is 329 g/mol. The number of aromatic nitrogens is 1. The van der Waals surface area contributed by atoms with Gasteiger partial charge in [-0.05, 0) is 31.4 Å². The first-order valence-corrected chi connectivity index (χ1v) is 8.25. The largest absolute Gasteiger partial charge is 0.374 e. The number of rotatable bonds is 4. The molecule has 1 aliphatic heterocycles. The van der Waals surface area contributed by atoms with Crippen molar-refractivity contribution in [3.8, 4) is 0 Å². The quantitative estimate of drug-likeness (QED) is 0.891. The van der Waals surface area contributed by atoms with E-state index in [1.807, 2.05) is 12.3 Å². The van der Waals surface area contributed by atoms with Crippen molar-refractivity contribution in [2.24, 2.45) is 5.73 Å². The van der Waals surface area contributed by atoms with Crippen LogP contribution in [-0.2, 0) is 20.7 Å². The Bertz CT molecular complexity index is 768. The van der Waals surface area contributed by atoms with Crippen LogP contribution in [0.1, 0.15) is 24.5 Å². The fourth-order valence-corrected chi connectivity index (χ4v) is 3.44. The van der Waals surface area contributed by atoms with Gasteiger partial charge in [0.25, 0.3) is 0 Å². The number of hydrogen-bond donors (Lipinski definition) is 2. The molecule has 0 bridgehead atoms. The molecule has 24 heavy (non-hydrogen) atoms. The van der Waals surface area contributed by atoms with Crippen LogP contribution >= 0.6 is 0 Å². The molecule has 2 aromatic rings. The summed E-state index contributed by atoms with van der Waals surface area (Å²) in [5.74, 6) is -0.575. The number of benzene rings is 1. The van der Waals surface area contributed by atoms with Gasteiger partial charge in [-0.25, -0.2) is 0 Å². The second-order valence-corrected chi connectivity index (χ2v) is 6.32. The number of ether oxygens (including phenoxy) is 1. The molecule has 0 aliphatic carbocycles. The number of para-hydroxylation sites is 1. The van der Waals surface area contributed by atoms with Gasteiger partial charge in [-0.15, -0.1) is 0 Å². The van der Waals surface area contributed by atoms with Crippen LogP contribution < -0.4 is 5.73 Å². The van der Waals surface area contributed by atoms with Gasteiger partial charge in [0.2, 0.25) is 11.8 Å². The molecule has 0 radical (unpaired) electrons. The molecule has 2 heterocycles. The van der Waals surface area contributed by atoms with Crippen LogP contribution in [-0.4, -0.2) is 47.0 Å². The summed E-state index contributed by atoms with van der Waals surface area (Å²) in [6.07, 6.45) is 2.56. The normalized spacial score (nSPS) is 21.2. The van der Waals surface area contributed by atoms with E-state index in [2.05, 4.69) is 24.0 Å². The van der Waals surface area contributed by atoms with Crippen LogP contribution in [0, 0.1) is 6.92 Å². The van der Waals surface area contributed by atoms with E-state index < -0.39 is 11.9 Å². The molecule has 1 saturated heterocycles. The first kappa shape index (κ1) is 16.5. The number of fused-ring (bicyclic) bond motifs is 1. The maximum Gasteiger partial charge on any atom is 0.242 e. The smallest absolute Gasteiger partial charge is 0.242 e. The van der Waals surface area contributed by atoms with E-state index in [9.17, 15) is 9.59 Å². The first-order chi connectivity index (χ1) is 11.5. The van der Waals surface area contributed by atoms with E-state index in [1.165, 1.54) is 5.56 Å². The van der Waals surface area contributed by atoms with Gasteiger partial charge < -0.3 is 20.4 Å². The lowest BCUT2D eigenvalue weighted by molar-refractivity contribution is -0.153. The van der Waals surface area contributed by atoms with E-state index in [0.717, 1.165) is 16.5 Å². The molecule has 3 N–H and O–H groups in total. The lowest BCUT2D eigenvalue weighted by atomic mass is 10.0. The van der Waals surface area contributed by atoms with Crippen molar-refractivity contribution in [1.82, 2.24) is 9.88 Å². The molecule has 1 fully saturated rings. The Morgan fingerprint density at radius 1 is 1.42 bits per heavy atom. The van der Waals surface area contributed by atoms with Crippen molar-refractivity contribution in [1.29, 1.82) is 0 Å². The van der Waals surface area contributed by atoms with Crippen LogP contribution in [0.15, 0.2) is 24.4 Å². The van der Waals surface area contributed by atoms with Crippen LogP contribution in [0.5, 0.6) is 0 Å². The highest BCUT2D eigenvalue weighted by Gasteiger charge is 2.36. The number of carbonyl (C=O) groups is 2. The van der Waals surface area contributed by atoms with Crippen LogP contribution in [0.3, 0.4) is 0 Å². The van der Waals surface area contributed by atoms with Crippen LogP contribution in [0.4, 0.5) is 0 Å². The van der Waals surface area contributed by atoms with Crippen molar-refractivity contribution < 1.29 is 14.3 Å². The number of primary amides is 1. The number of aryl methyl sites for hydroxylation is 2. The molecule has 2 amide bonds. The molecule has 128 valence electrons. The Balaban J connectivity index is 1.72. The Labute approximate surface area is 141 Å². The second-order valence-electron chi connectivity index (χ2n) is 6.32. The average Bonchev–Trinajstić information content (AvgIpc) is 2.96. The third kappa shape index (κ3) is 3.01. The minimum atomic E-state index is -0.684. The van der Waals surface area contributed by atoms with Crippen LogP contribution in [0.25, 0.3) is 10.9 Å². The summed E-state index contributed by atoms with van der Waals surface area (Å²) in [6, 6.07) is 5.45. The van der Waals surface area contributed by atoms with E-state index >= 15 is 0 Å². The molecule has 0 spiro atoms. The highest BCUT2D eigenvalue weighted by Crippen LogP contribution is 2.23. The number of morpholine rings is 1. The van der Waals surface area contributed by atoms with Gasteiger partial charge in [0.15, 0.2) is 0 Å². The van der Waals surface area contributed by atoms with Gasteiger partial charge in [-0.3, -0.25) is 9.59 Å². The summed E-state index contributed by atoms with van der Waals surface area (Å²) in [4.78, 5) is 29.1. The number of amides is 2. The fourth-order valence-electron chi connectivity index (χ4n) is 3.44. The summed E-state index contributed by atoms with van der Waals surface area (Å²) >= 11 is 0. The van der Waals surface area contributed by atoms with Gasteiger partial charge in [-0.1, -0.05) is 18.2 Å². The van der Waals surface area contributed by atoms with E-state index in [0.29, 0.717) is 26.0 Å². The summed E-state index contributed by atoms with van der Waals surface area (Å²) in [7, 11) is 0. The molecule has 3 rings (SSSR count). The predicted octanol–water partition coefficient (Wildman–Crippen LogP) is 1.51. The molecular formula is C18H23N3O3. The third-order valence-corrected chi connectivity index (χ3v) is 4.72. The van der Waals surface area contributed by atoms with Gasteiger partial charge in [0.1, 0.15) is 6.04 Å². The van der Waals surface area contributed by atoms with E-state index in [-0.39, 0.29) is 12.0 Å². The predicted molar refractivity (Wildman–Crippen MR) is 91.5 cm³/mol. The molecule has 0 unspecified atom stereocenters. The zero-order valence-electron chi connectivity index (χ0n) is 14.0. The van der Waals surface area contributed by atoms with Crippen molar-refractivity contribution in [3.63, 3.8) is 0 Å². The van der Waals surface area contributed by atoms with Crippen molar-refractivity contribution in [2.75, 3.05) is 13.2 Å². The van der Waals surface area contributed by atoms with Crippen molar-refractivity contribution >= 4 is 22.7 Å². The molecule has 1 aromatic heterocycles. The van der Waals surface area contributed by atoms with Gasteiger partial charge in [0.05, 0.1) is 12.7 Å². The van der Waals surface area contributed by atoms with Crippen molar-refractivity contribution in [3.05, 3.63) is 35.5 Å². The summed E-state index contributed by atoms with van der Waals surface area (Å²) in [5.41, 5.74) is 8.85. The third-order valence-electron chi connectivity index (χ3n) is 4.72. The first-order valence-electron chi connectivity index (χ1n) is 8.25. The zero-order valence-corrected chi connectivity index (χ0v) is 14.0. The zero-order chi connectivity index (χ0) is 17.3.